The van der Waals surface area contributed by atoms with Gasteiger partial charge in [0.1, 0.15) is 23.9 Å². The molecule has 1 saturated heterocycles. The summed E-state index contributed by atoms with van der Waals surface area (Å²) in [5.74, 6) is -0.698. The van der Waals surface area contributed by atoms with E-state index in [1.54, 1.807) is 36.4 Å². The molecule has 7 nitrogen and oxygen atoms in total. The maximum atomic E-state index is 13.5. The van der Waals surface area contributed by atoms with E-state index in [1.807, 2.05) is 10.6 Å². The van der Waals surface area contributed by atoms with E-state index >= 15 is 0 Å². The summed E-state index contributed by atoms with van der Waals surface area (Å²) in [5, 5.41) is 4.02. The molecule has 0 atom stereocenters. The first kappa shape index (κ1) is 18.9. The number of hydrogen-bond donors (Lipinski definition) is 2. The van der Waals surface area contributed by atoms with Gasteiger partial charge in [0.05, 0.1) is 0 Å². The number of imide groups is 2. The van der Waals surface area contributed by atoms with Crippen LogP contribution < -0.4 is 20.1 Å². The number of halogens is 1. The fourth-order valence-corrected chi connectivity index (χ4v) is 3.14. The van der Waals surface area contributed by atoms with Gasteiger partial charge >= 0.3 is 6.03 Å². The van der Waals surface area contributed by atoms with E-state index in [1.165, 1.54) is 13.0 Å². The lowest BCUT2D eigenvalue weighted by Crippen LogP contribution is -2.67. The molecule has 150 valence electrons. The van der Waals surface area contributed by atoms with Crippen LogP contribution >= 0.6 is 0 Å². The smallest absolute Gasteiger partial charge is 0.328 e. The number of amides is 4. The summed E-state index contributed by atoms with van der Waals surface area (Å²) in [7, 11) is 0. The SMILES string of the molecule is CC1(Oc2ccc(OCc3ccc(F)cc3C3CC3)cc2)C(=O)NC(=O)NC1=O. The van der Waals surface area contributed by atoms with Crippen LogP contribution in [0.5, 0.6) is 11.5 Å². The van der Waals surface area contributed by atoms with E-state index in [-0.39, 0.29) is 11.6 Å². The first-order valence-corrected chi connectivity index (χ1v) is 9.22. The molecule has 2 aliphatic rings. The fourth-order valence-electron chi connectivity index (χ4n) is 3.14. The maximum absolute atomic E-state index is 13.5. The molecule has 2 fully saturated rings. The Kier molecular flexibility index (Phi) is 4.70. The average Bonchev–Trinajstić information content (AvgIpc) is 3.52. The van der Waals surface area contributed by atoms with E-state index in [0.717, 1.165) is 24.0 Å². The molecule has 2 aromatic rings. The summed E-state index contributed by atoms with van der Waals surface area (Å²) in [5.41, 5.74) is 0.0764. The van der Waals surface area contributed by atoms with Crippen molar-refractivity contribution in [2.75, 3.05) is 0 Å². The van der Waals surface area contributed by atoms with Crippen LogP contribution in [-0.2, 0) is 16.2 Å². The molecule has 1 aliphatic carbocycles. The van der Waals surface area contributed by atoms with Crippen molar-refractivity contribution in [2.24, 2.45) is 0 Å². The van der Waals surface area contributed by atoms with Crippen molar-refractivity contribution in [3.05, 3.63) is 59.4 Å². The molecule has 0 radical (unpaired) electrons. The Morgan fingerprint density at radius 2 is 1.62 bits per heavy atom. The Hall–Kier alpha value is -3.42. The second-order valence-electron chi connectivity index (χ2n) is 7.25. The summed E-state index contributed by atoms with van der Waals surface area (Å²) in [6.07, 6.45) is 2.13. The van der Waals surface area contributed by atoms with Crippen molar-refractivity contribution in [3.8, 4) is 11.5 Å². The molecular formula is C21H19FN2O5. The number of carbonyl (C=O) groups excluding carboxylic acids is 3. The molecular weight excluding hydrogens is 379 g/mol. The zero-order chi connectivity index (χ0) is 20.6. The summed E-state index contributed by atoms with van der Waals surface area (Å²) in [4.78, 5) is 35.2. The molecule has 29 heavy (non-hydrogen) atoms. The topological polar surface area (TPSA) is 93.7 Å². The van der Waals surface area contributed by atoms with Crippen molar-refractivity contribution in [2.45, 2.75) is 37.9 Å². The molecule has 2 aromatic carbocycles. The third-order valence-corrected chi connectivity index (χ3v) is 4.99. The number of rotatable bonds is 6. The van der Waals surface area contributed by atoms with E-state index in [2.05, 4.69) is 0 Å². The van der Waals surface area contributed by atoms with E-state index in [9.17, 15) is 18.8 Å². The molecule has 2 N–H and O–H groups in total. The quantitative estimate of drug-likeness (QED) is 0.730. The van der Waals surface area contributed by atoms with Crippen molar-refractivity contribution in [3.63, 3.8) is 0 Å². The lowest BCUT2D eigenvalue weighted by Gasteiger charge is -2.30. The van der Waals surface area contributed by atoms with Crippen LogP contribution in [-0.4, -0.2) is 23.4 Å². The van der Waals surface area contributed by atoms with Gasteiger partial charge in [-0.15, -0.1) is 0 Å². The lowest BCUT2D eigenvalue weighted by molar-refractivity contribution is -0.149. The van der Waals surface area contributed by atoms with Crippen LogP contribution in [0.3, 0.4) is 0 Å². The van der Waals surface area contributed by atoms with E-state index < -0.39 is 23.4 Å². The van der Waals surface area contributed by atoms with Crippen LogP contribution in [0, 0.1) is 5.82 Å². The largest absolute Gasteiger partial charge is 0.489 e. The highest BCUT2D eigenvalue weighted by atomic mass is 19.1. The van der Waals surface area contributed by atoms with Gasteiger partial charge in [-0.05, 0) is 73.2 Å². The molecule has 1 heterocycles. The number of carbonyl (C=O) groups is 3. The Morgan fingerprint density at radius 1 is 1.00 bits per heavy atom. The third kappa shape index (κ3) is 3.91. The maximum Gasteiger partial charge on any atom is 0.328 e. The Balaban J connectivity index is 1.42. The number of benzene rings is 2. The van der Waals surface area contributed by atoms with Gasteiger partial charge in [0.15, 0.2) is 0 Å². The van der Waals surface area contributed by atoms with Gasteiger partial charge in [-0.1, -0.05) is 6.07 Å². The standard InChI is InChI=1S/C21H19FN2O5/c1-21(18(25)23-20(27)24-19(21)26)29-16-8-6-15(7-9-16)28-11-13-4-5-14(22)10-17(13)12-2-3-12/h4-10,12H,2-3,11H2,1H3,(H2,23,24,25,26,27). The average molecular weight is 398 g/mol. The number of hydrogen-bond acceptors (Lipinski definition) is 5. The van der Waals surface area contributed by atoms with Gasteiger partial charge in [0, 0.05) is 0 Å². The molecule has 0 spiro atoms. The van der Waals surface area contributed by atoms with Crippen LogP contribution in [0.4, 0.5) is 9.18 Å². The third-order valence-electron chi connectivity index (χ3n) is 4.99. The van der Waals surface area contributed by atoms with E-state index in [4.69, 9.17) is 9.47 Å². The first-order chi connectivity index (χ1) is 13.8. The predicted molar refractivity (Wildman–Crippen MR) is 99.9 cm³/mol. The highest BCUT2D eigenvalue weighted by Gasteiger charge is 2.49. The molecule has 1 aliphatic heterocycles. The number of ether oxygens (including phenoxy) is 2. The molecule has 0 bridgehead atoms. The molecule has 0 unspecified atom stereocenters. The number of barbiturate groups is 1. The van der Waals surface area contributed by atoms with Crippen LogP contribution in [0.1, 0.15) is 36.8 Å². The minimum atomic E-state index is -1.86. The van der Waals surface area contributed by atoms with E-state index in [0.29, 0.717) is 18.3 Å². The van der Waals surface area contributed by atoms with Crippen LogP contribution in [0.2, 0.25) is 0 Å². The first-order valence-electron chi connectivity index (χ1n) is 9.22. The fraction of sp³-hybridized carbons (Fsp3) is 0.286. The highest BCUT2D eigenvalue weighted by molar-refractivity contribution is 6.21. The Morgan fingerprint density at radius 3 is 2.24 bits per heavy atom. The Labute approximate surface area is 166 Å². The molecule has 4 amide bonds. The monoisotopic (exact) mass is 398 g/mol. The number of urea groups is 1. The van der Waals surface area contributed by atoms with Crippen molar-refractivity contribution in [1.29, 1.82) is 0 Å². The second-order valence-corrected chi connectivity index (χ2v) is 7.25. The zero-order valence-corrected chi connectivity index (χ0v) is 15.7. The van der Waals surface area contributed by atoms with Gasteiger partial charge < -0.3 is 9.47 Å². The van der Waals surface area contributed by atoms with Crippen LogP contribution in [0.15, 0.2) is 42.5 Å². The summed E-state index contributed by atoms with van der Waals surface area (Å²) in [6, 6.07) is 10.3. The van der Waals surface area contributed by atoms with Crippen LogP contribution in [0.25, 0.3) is 0 Å². The van der Waals surface area contributed by atoms with Crippen molar-refractivity contribution >= 4 is 17.8 Å². The van der Waals surface area contributed by atoms with Gasteiger partial charge in [0.25, 0.3) is 17.4 Å². The molecule has 4 rings (SSSR count). The van der Waals surface area contributed by atoms with Crippen molar-refractivity contribution in [1.82, 2.24) is 10.6 Å². The van der Waals surface area contributed by atoms with Gasteiger partial charge in [0.2, 0.25) is 0 Å². The normalized spacial score (nSPS) is 18.1. The molecule has 0 aromatic heterocycles. The lowest BCUT2D eigenvalue weighted by atomic mass is 10.0. The molecule has 8 heteroatoms. The predicted octanol–water partition coefficient (Wildman–Crippen LogP) is 2.79. The minimum Gasteiger partial charge on any atom is -0.489 e. The summed E-state index contributed by atoms with van der Waals surface area (Å²) < 4.78 is 24.8. The van der Waals surface area contributed by atoms with Gasteiger partial charge in [-0.2, -0.15) is 0 Å². The number of nitrogens with one attached hydrogen (secondary N) is 2. The van der Waals surface area contributed by atoms with Gasteiger partial charge in [-0.25, -0.2) is 9.18 Å². The highest BCUT2D eigenvalue weighted by Crippen LogP contribution is 2.42. The van der Waals surface area contributed by atoms with Crippen molar-refractivity contribution < 1.29 is 28.2 Å². The summed E-state index contributed by atoms with van der Waals surface area (Å²) in [6.45, 7) is 1.58. The van der Waals surface area contributed by atoms with Gasteiger partial charge in [-0.3, -0.25) is 20.2 Å². The second kappa shape index (κ2) is 7.20. The minimum absolute atomic E-state index is 0.247. The molecule has 1 saturated carbocycles. The Bertz CT molecular complexity index is 965. The summed E-state index contributed by atoms with van der Waals surface area (Å²) >= 11 is 0. The zero-order valence-electron chi connectivity index (χ0n) is 15.7.